The van der Waals surface area contributed by atoms with E-state index < -0.39 is 10.2 Å². The molecule has 1 aromatic heterocycles. The highest BCUT2D eigenvalue weighted by molar-refractivity contribution is 9.10. The van der Waals surface area contributed by atoms with E-state index in [1.807, 2.05) is 12.1 Å². The van der Waals surface area contributed by atoms with Gasteiger partial charge in [-0.2, -0.15) is 17.0 Å². The molecule has 1 fully saturated rings. The zero-order valence-corrected chi connectivity index (χ0v) is 14.0. The summed E-state index contributed by atoms with van der Waals surface area (Å²) in [5.41, 5.74) is 0. The summed E-state index contributed by atoms with van der Waals surface area (Å²) in [6, 6.07) is 3.68. The van der Waals surface area contributed by atoms with Crippen LogP contribution in [0, 0.1) is 0 Å². The van der Waals surface area contributed by atoms with Crippen LogP contribution in [0.25, 0.3) is 0 Å². The second-order valence-electron chi connectivity index (χ2n) is 4.92. The van der Waals surface area contributed by atoms with Crippen LogP contribution >= 0.6 is 15.9 Å². The first kappa shape index (κ1) is 15.7. The maximum absolute atomic E-state index is 12.3. The minimum absolute atomic E-state index is 0.252. The van der Waals surface area contributed by atoms with Crippen LogP contribution in [0.5, 0.6) is 0 Å². The molecule has 2 heterocycles. The Hall–Kier alpha value is -0.700. The number of hydrogen-bond donors (Lipinski definition) is 1. The SMILES string of the molecule is CN(C)S(=O)(=O)N1CCCCC1Nc1cc(Br)ccn1. The first-order valence-electron chi connectivity index (χ1n) is 6.48. The van der Waals surface area contributed by atoms with Gasteiger partial charge in [-0.1, -0.05) is 15.9 Å². The lowest BCUT2D eigenvalue weighted by atomic mass is 10.1. The van der Waals surface area contributed by atoms with Gasteiger partial charge in [0.2, 0.25) is 0 Å². The van der Waals surface area contributed by atoms with Crippen LogP contribution in [-0.2, 0) is 10.2 Å². The van der Waals surface area contributed by atoms with E-state index in [0.29, 0.717) is 12.4 Å². The third-order valence-corrected chi connectivity index (χ3v) is 5.69. The van der Waals surface area contributed by atoms with Crippen LogP contribution in [0.2, 0.25) is 0 Å². The molecule has 1 saturated heterocycles. The molecule has 1 N–H and O–H groups in total. The molecule has 0 saturated carbocycles. The Bertz CT molecular complexity index is 564. The van der Waals surface area contributed by atoms with E-state index in [-0.39, 0.29) is 6.17 Å². The predicted octanol–water partition coefficient (Wildman–Crippen LogP) is 1.87. The summed E-state index contributed by atoms with van der Waals surface area (Å²) >= 11 is 3.38. The van der Waals surface area contributed by atoms with E-state index >= 15 is 0 Å². The van der Waals surface area contributed by atoms with Crippen molar-refractivity contribution < 1.29 is 8.42 Å². The molecular weight excluding hydrogens is 344 g/mol. The largest absolute Gasteiger partial charge is 0.354 e. The summed E-state index contributed by atoms with van der Waals surface area (Å²) < 4.78 is 28.3. The number of halogens is 1. The molecule has 0 bridgehead atoms. The van der Waals surface area contributed by atoms with Crippen LogP contribution in [0.15, 0.2) is 22.8 Å². The van der Waals surface area contributed by atoms with E-state index in [2.05, 4.69) is 26.2 Å². The molecule has 8 heteroatoms. The summed E-state index contributed by atoms with van der Waals surface area (Å²) in [7, 11) is -0.307. The summed E-state index contributed by atoms with van der Waals surface area (Å²) in [6.07, 6.45) is 4.10. The van der Waals surface area contributed by atoms with E-state index in [4.69, 9.17) is 0 Å². The van der Waals surface area contributed by atoms with Crippen molar-refractivity contribution in [2.75, 3.05) is 26.0 Å². The van der Waals surface area contributed by atoms with Gasteiger partial charge >= 0.3 is 0 Å². The first-order valence-corrected chi connectivity index (χ1v) is 8.67. The van der Waals surface area contributed by atoms with Crippen molar-refractivity contribution in [1.82, 2.24) is 13.6 Å². The zero-order chi connectivity index (χ0) is 14.8. The topological polar surface area (TPSA) is 65.5 Å². The summed E-state index contributed by atoms with van der Waals surface area (Å²) in [6.45, 7) is 0.534. The molecule has 0 aromatic carbocycles. The van der Waals surface area contributed by atoms with Crippen LogP contribution in [0.1, 0.15) is 19.3 Å². The normalized spacial score (nSPS) is 21.1. The van der Waals surface area contributed by atoms with Crippen molar-refractivity contribution in [3.05, 3.63) is 22.8 Å². The fourth-order valence-corrected chi connectivity index (χ4v) is 3.78. The first-order chi connectivity index (χ1) is 9.41. The monoisotopic (exact) mass is 362 g/mol. The number of pyridine rings is 1. The number of rotatable bonds is 4. The Labute approximate surface area is 128 Å². The maximum atomic E-state index is 12.3. The van der Waals surface area contributed by atoms with Crippen LogP contribution in [0.3, 0.4) is 0 Å². The molecule has 1 aliphatic rings. The molecule has 1 unspecified atom stereocenters. The number of aromatic nitrogens is 1. The van der Waals surface area contributed by atoms with E-state index in [1.165, 1.54) is 8.61 Å². The summed E-state index contributed by atoms with van der Waals surface area (Å²) in [4.78, 5) is 4.22. The number of hydrogen-bond acceptors (Lipinski definition) is 4. The average molecular weight is 363 g/mol. The Kier molecular flexibility index (Phi) is 5.00. The Morgan fingerprint density at radius 3 is 2.85 bits per heavy atom. The zero-order valence-electron chi connectivity index (χ0n) is 11.6. The van der Waals surface area contributed by atoms with Gasteiger partial charge in [-0.15, -0.1) is 0 Å². The minimum Gasteiger partial charge on any atom is -0.354 e. The van der Waals surface area contributed by atoms with Crippen molar-refractivity contribution in [2.24, 2.45) is 0 Å². The van der Waals surface area contributed by atoms with Crippen molar-refractivity contribution in [3.8, 4) is 0 Å². The summed E-state index contributed by atoms with van der Waals surface area (Å²) in [5, 5.41) is 3.21. The number of nitrogens with one attached hydrogen (secondary N) is 1. The van der Waals surface area contributed by atoms with Crippen molar-refractivity contribution >= 4 is 32.0 Å². The molecule has 1 aromatic rings. The van der Waals surface area contributed by atoms with Crippen LogP contribution < -0.4 is 5.32 Å². The lowest BCUT2D eigenvalue weighted by molar-refractivity contribution is 0.260. The van der Waals surface area contributed by atoms with E-state index in [1.54, 1.807) is 20.3 Å². The average Bonchev–Trinajstić information content (AvgIpc) is 2.39. The molecule has 20 heavy (non-hydrogen) atoms. The Morgan fingerprint density at radius 2 is 2.20 bits per heavy atom. The quantitative estimate of drug-likeness (QED) is 0.887. The van der Waals surface area contributed by atoms with Gasteiger partial charge in [0.05, 0.1) is 6.17 Å². The lowest BCUT2D eigenvalue weighted by Gasteiger charge is -2.36. The standard InChI is InChI=1S/C12H19BrN4O2S/c1-16(2)20(18,19)17-8-4-3-5-12(17)15-11-9-10(13)6-7-14-11/h6-7,9,12H,3-5,8H2,1-2H3,(H,14,15). The van der Waals surface area contributed by atoms with Gasteiger partial charge in [-0.25, -0.2) is 4.98 Å². The highest BCUT2D eigenvalue weighted by atomic mass is 79.9. The van der Waals surface area contributed by atoms with Gasteiger partial charge in [0.15, 0.2) is 0 Å². The fraction of sp³-hybridized carbons (Fsp3) is 0.583. The molecule has 1 atom stereocenters. The highest BCUT2D eigenvalue weighted by Gasteiger charge is 2.33. The Balaban J connectivity index is 2.20. The van der Waals surface area contributed by atoms with Crippen molar-refractivity contribution in [1.29, 1.82) is 0 Å². The fourth-order valence-electron chi connectivity index (χ4n) is 2.19. The second kappa shape index (κ2) is 6.38. The van der Waals surface area contributed by atoms with Gasteiger partial charge in [0.25, 0.3) is 10.2 Å². The maximum Gasteiger partial charge on any atom is 0.283 e. The molecular formula is C12H19BrN4O2S. The number of piperidine rings is 1. The molecule has 0 aliphatic carbocycles. The minimum atomic E-state index is -3.41. The van der Waals surface area contributed by atoms with Crippen LogP contribution in [0.4, 0.5) is 5.82 Å². The summed E-state index contributed by atoms with van der Waals surface area (Å²) in [5.74, 6) is 0.672. The van der Waals surface area contributed by atoms with Gasteiger partial charge in [-0.3, -0.25) is 0 Å². The molecule has 0 amide bonds. The Morgan fingerprint density at radius 1 is 1.45 bits per heavy atom. The third kappa shape index (κ3) is 3.49. The second-order valence-corrected chi connectivity index (χ2v) is 7.93. The van der Waals surface area contributed by atoms with Gasteiger partial charge < -0.3 is 5.32 Å². The molecule has 112 valence electrons. The van der Waals surface area contributed by atoms with E-state index in [0.717, 1.165) is 23.7 Å². The lowest BCUT2D eigenvalue weighted by Crippen LogP contribution is -2.51. The van der Waals surface area contributed by atoms with Crippen molar-refractivity contribution in [2.45, 2.75) is 25.4 Å². The van der Waals surface area contributed by atoms with Gasteiger partial charge in [0, 0.05) is 31.3 Å². The van der Waals surface area contributed by atoms with Crippen LogP contribution in [-0.4, -0.2) is 48.8 Å². The van der Waals surface area contributed by atoms with Gasteiger partial charge in [0.1, 0.15) is 5.82 Å². The highest BCUT2D eigenvalue weighted by Crippen LogP contribution is 2.23. The van der Waals surface area contributed by atoms with Crippen molar-refractivity contribution in [3.63, 3.8) is 0 Å². The number of anilines is 1. The molecule has 0 spiro atoms. The number of nitrogens with zero attached hydrogens (tertiary/aromatic N) is 3. The molecule has 6 nitrogen and oxygen atoms in total. The molecule has 0 radical (unpaired) electrons. The van der Waals surface area contributed by atoms with E-state index in [9.17, 15) is 8.42 Å². The third-order valence-electron chi connectivity index (χ3n) is 3.25. The van der Waals surface area contributed by atoms with Gasteiger partial charge in [-0.05, 0) is 31.4 Å². The molecule has 2 rings (SSSR count). The molecule has 1 aliphatic heterocycles. The smallest absolute Gasteiger partial charge is 0.283 e. The predicted molar refractivity (Wildman–Crippen MR) is 82.5 cm³/mol.